The summed E-state index contributed by atoms with van der Waals surface area (Å²) in [6.07, 6.45) is 6.26. The molecule has 0 bridgehead atoms. The number of hydrogen-bond donors (Lipinski definition) is 0. The largest absolute Gasteiger partial charge is 0.374 e. The Hall–Kier alpha value is -3.50. The molecule has 1 saturated heterocycles. The first-order chi connectivity index (χ1) is 16.5. The summed E-state index contributed by atoms with van der Waals surface area (Å²) >= 11 is 0. The van der Waals surface area contributed by atoms with Crippen LogP contribution in [0.3, 0.4) is 0 Å². The monoisotopic (exact) mass is 457 g/mol. The van der Waals surface area contributed by atoms with E-state index in [4.69, 9.17) is 4.74 Å². The molecule has 0 spiro atoms. The van der Waals surface area contributed by atoms with Gasteiger partial charge in [-0.05, 0) is 55.7 Å². The molecule has 176 valence electrons. The molecule has 3 heterocycles. The van der Waals surface area contributed by atoms with Gasteiger partial charge in [0, 0.05) is 19.8 Å². The molecule has 3 aromatic rings. The van der Waals surface area contributed by atoms with Crippen molar-refractivity contribution in [1.29, 1.82) is 0 Å². The van der Waals surface area contributed by atoms with Crippen LogP contribution in [0.25, 0.3) is 0 Å². The SMILES string of the molecule is C[C@H](C[C@@H]1CC[C@H]([C@@H](C)C(=O)N(C)Cc2ccccc2)O1)n1cc(C#Cc2ccccn2)nn1. The van der Waals surface area contributed by atoms with Gasteiger partial charge in [0.15, 0.2) is 5.69 Å². The van der Waals surface area contributed by atoms with E-state index in [1.165, 1.54) is 0 Å². The smallest absolute Gasteiger partial charge is 0.228 e. The Bertz CT molecular complexity index is 1140. The third-order valence-corrected chi connectivity index (χ3v) is 6.28. The average Bonchev–Trinajstić information content (AvgIpc) is 3.53. The number of benzene rings is 1. The van der Waals surface area contributed by atoms with Gasteiger partial charge < -0.3 is 9.64 Å². The molecule has 1 aliphatic heterocycles. The van der Waals surface area contributed by atoms with Crippen LogP contribution < -0.4 is 0 Å². The number of nitrogens with zero attached hydrogens (tertiary/aromatic N) is 5. The number of amides is 1. The minimum Gasteiger partial charge on any atom is -0.374 e. The van der Waals surface area contributed by atoms with Crippen LogP contribution in [0.1, 0.15) is 56.1 Å². The summed E-state index contributed by atoms with van der Waals surface area (Å²) in [7, 11) is 1.86. The zero-order valence-electron chi connectivity index (χ0n) is 20.0. The van der Waals surface area contributed by atoms with Gasteiger partial charge in [-0.15, -0.1) is 5.10 Å². The van der Waals surface area contributed by atoms with Crippen molar-refractivity contribution in [2.75, 3.05) is 7.05 Å². The van der Waals surface area contributed by atoms with Crippen LogP contribution in [0, 0.1) is 17.8 Å². The highest BCUT2D eigenvalue weighted by Crippen LogP contribution is 2.31. The van der Waals surface area contributed by atoms with Crippen LogP contribution in [0.15, 0.2) is 60.9 Å². The fourth-order valence-electron chi connectivity index (χ4n) is 4.32. The quantitative estimate of drug-likeness (QED) is 0.504. The van der Waals surface area contributed by atoms with Crippen molar-refractivity contribution in [2.45, 2.75) is 57.9 Å². The van der Waals surface area contributed by atoms with Gasteiger partial charge in [0.2, 0.25) is 5.91 Å². The lowest BCUT2D eigenvalue weighted by molar-refractivity contribution is -0.139. The summed E-state index contributed by atoms with van der Waals surface area (Å²) < 4.78 is 8.14. The first-order valence-electron chi connectivity index (χ1n) is 11.8. The summed E-state index contributed by atoms with van der Waals surface area (Å²) in [5, 5.41) is 8.41. The summed E-state index contributed by atoms with van der Waals surface area (Å²) in [5.74, 6) is 5.96. The van der Waals surface area contributed by atoms with Gasteiger partial charge in [0.05, 0.1) is 30.4 Å². The lowest BCUT2D eigenvalue weighted by Crippen LogP contribution is -2.37. The Labute approximate surface area is 201 Å². The zero-order valence-corrected chi connectivity index (χ0v) is 20.0. The van der Waals surface area contributed by atoms with E-state index in [-0.39, 0.29) is 30.1 Å². The predicted octanol–water partition coefficient (Wildman–Crippen LogP) is 3.87. The lowest BCUT2D eigenvalue weighted by Gasteiger charge is -2.26. The standard InChI is InChI=1S/C27H31N5O2/c1-20(32-19-24(29-30-32)13-12-23-11-7-8-16-28-23)17-25-14-15-26(34-25)21(2)27(33)31(3)18-22-9-5-4-6-10-22/h4-11,16,19-21,25-26H,14-15,17-18H2,1-3H3/t20-,21-,25+,26-/m1/s1. The van der Waals surface area contributed by atoms with Gasteiger partial charge in [-0.2, -0.15) is 0 Å². The van der Waals surface area contributed by atoms with Gasteiger partial charge in [-0.25, -0.2) is 9.67 Å². The molecular weight excluding hydrogens is 426 g/mol. The molecule has 2 aromatic heterocycles. The molecule has 4 atom stereocenters. The number of hydrogen-bond acceptors (Lipinski definition) is 5. The fourth-order valence-corrected chi connectivity index (χ4v) is 4.32. The number of pyridine rings is 1. The highest BCUT2D eigenvalue weighted by molar-refractivity contribution is 5.78. The highest BCUT2D eigenvalue weighted by Gasteiger charge is 2.35. The Kier molecular flexibility index (Phi) is 7.71. The van der Waals surface area contributed by atoms with Gasteiger partial charge in [-0.3, -0.25) is 4.79 Å². The van der Waals surface area contributed by atoms with Crippen LogP contribution in [-0.2, 0) is 16.1 Å². The zero-order chi connectivity index (χ0) is 23.9. The lowest BCUT2D eigenvalue weighted by atomic mass is 9.99. The van der Waals surface area contributed by atoms with Gasteiger partial charge in [0.25, 0.3) is 0 Å². The first kappa shape index (κ1) is 23.7. The van der Waals surface area contributed by atoms with Gasteiger partial charge in [0.1, 0.15) is 5.69 Å². The molecule has 7 nitrogen and oxygen atoms in total. The summed E-state index contributed by atoms with van der Waals surface area (Å²) in [6, 6.07) is 15.8. The van der Waals surface area contributed by atoms with Crippen molar-refractivity contribution in [2.24, 2.45) is 5.92 Å². The number of carbonyl (C=O) groups excluding carboxylic acids is 1. The predicted molar refractivity (Wildman–Crippen MR) is 130 cm³/mol. The number of aromatic nitrogens is 4. The van der Waals surface area contributed by atoms with E-state index in [0.717, 1.165) is 24.8 Å². The van der Waals surface area contributed by atoms with Crippen molar-refractivity contribution >= 4 is 5.91 Å². The molecule has 0 aliphatic carbocycles. The van der Waals surface area contributed by atoms with Crippen molar-refractivity contribution in [1.82, 2.24) is 24.9 Å². The molecule has 1 fully saturated rings. The maximum Gasteiger partial charge on any atom is 0.228 e. The van der Waals surface area contributed by atoms with Gasteiger partial charge in [-0.1, -0.05) is 48.5 Å². The molecule has 34 heavy (non-hydrogen) atoms. The molecule has 4 rings (SSSR count). The second-order valence-electron chi connectivity index (χ2n) is 8.98. The minimum atomic E-state index is -0.172. The minimum absolute atomic E-state index is 0.0570. The molecular formula is C27H31N5O2. The van der Waals surface area contributed by atoms with Crippen LogP contribution in [0.4, 0.5) is 0 Å². The normalized spacial score (nSPS) is 19.1. The van der Waals surface area contributed by atoms with E-state index in [0.29, 0.717) is 17.9 Å². The molecule has 1 aromatic carbocycles. The van der Waals surface area contributed by atoms with Crippen LogP contribution >= 0.6 is 0 Å². The van der Waals surface area contributed by atoms with Crippen molar-refractivity contribution in [3.63, 3.8) is 0 Å². The second kappa shape index (κ2) is 11.1. The van der Waals surface area contributed by atoms with Crippen LogP contribution in [0.2, 0.25) is 0 Å². The summed E-state index contributed by atoms with van der Waals surface area (Å²) in [5.41, 5.74) is 2.44. The number of carbonyl (C=O) groups is 1. The van der Waals surface area contributed by atoms with Crippen molar-refractivity contribution in [3.8, 4) is 11.8 Å². The van der Waals surface area contributed by atoms with E-state index in [1.54, 1.807) is 11.1 Å². The number of ether oxygens (including phenoxy) is 1. The Morgan fingerprint density at radius 3 is 2.65 bits per heavy atom. The Morgan fingerprint density at radius 2 is 1.88 bits per heavy atom. The molecule has 1 amide bonds. The van der Waals surface area contributed by atoms with E-state index in [2.05, 4.69) is 34.1 Å². The number of rotatable bonds is 7. The summed E-state index contributed by atoms with van der Waals surface area (Å²) in [6.45, 7) is 4.68. The second-order valence-corrected chi connectivity index (χ2v) is 8.98. The molecule has 0 unspecified atom stereocenters. The van der Waals surface area contributed by atoms with E-state index >= 15 is 0 Å². The van der Waals surface area contributed by atoms with Crippen molar-refractivity contribution < 1.29 is 9.53 Å². The molecule has 0 N–H and O–H groups in total. The fraction of sp³-hybridized carbons (Fsp3) is 0.407. The Balaban J connectivity index is 1.28. The topological polar surface area (TPSA) is 73.1 Å². The third kappa shape index (κ3) is 6.09. The average molecular weight is 458 g/mol. The van der Waals surface area contributed by atoms with E-state index < -0.39 is 0 Å². The maximum atomic E-state index is 13.0. The molecule has 7 heteroatoms. The van der Waals surface area contributed by atoms with E-state index in [1.807, 2.05) is 73.4 Å². The molecule has 0 radical (unpaired) electrons. The Morgan fingerprint density at radius 1 is 1.12 bits per heavy atom. The molecule has 0 saturated carbocycles. The van der Waals surface area contributed by atoms with Gasteiger partial charge >= 0.3 is 0 Å². The third-order valence-electron chi connectivity index (χ3n) is 6.28. The van der Waals surface area contributed by atoms with E-state index in [9.17, 15) is 4.79 Å². The first-order valence-corrected chi connectivity index (χ1v) is 11.8. The van der Waals surface area contributed by atoms with Crippen LogP contribution in [-0.4, -0.2) is 50.0 Å². The molecule has 1 aliphatic rings. The van der Waals surface area contributed by atoms with Crippen LogP contribution in [0.5, 0.6) is 0 Å². The maximum absolute atomic E-state index is 13.0. The van der Waals surface area contributed by atoms with Crippen molar-refractivity contribution in [3.05, 3.63) is 77.9 Å². The highest BCUT2D eigenvalue weighted by atomic mass is 16.5. The summed E-state index contributed by atoms with van der Waals surface area (Å²) in [4.78, 5) is 18.9.